The number of nitro benzene ring substituents is 1. The van der Waals surface area contributed by atoms with Gasteiger partial charge in [0, 0.05) is 25.6 Å². The highest BCUT2D eigenvalue weighted by Gasteiger charge is 2.34. The van der Waals surface area contributed by atoms with Crippen LogP contribution < -0.4 is 0 Å². The van der Waals surface area contributed by atoms with Crippen molar-refractivity contribution in [3.63, 3.8) is 0 Å². The molecule has 1 amide bonds. The van der Waals surface area contributed by atoms with E-state index in [0.717, 1.165) is 12.1 Å². The van der Waals surface area contributed by atoms with Crippen molar-refractivity contribution < 1.29 is 24.0 Å². The second-order valence-electron chi connectivity index (χ2n) is 4.56. The highest BCUT2D eigenvalue weighted by molar-refractivity contribution is 5.86. The number of hydrogen-bond acceptors (Lipinski definition) is 4. The Bertz CT molecular complexity index is 589. The lowest BCUT2D eigenvalue weighted by Crippen LogP contribution is -2.25. The minimum absolute atomic E-state index is 0.0392. The third kappa shape index (κ3) is 2.73. The average Bonchev–Trinajstić information content (AvgIpc) is 2.71. The maximum absolute atomic E-state index is 13.4. The summed E-state index contributed by atoms with van der Waals surface area (Å²) in [5, 5.41) is 19.3. The van der Waals surface area contributed by atoms with Crippen LogP contribution in [0.25, 0.3) is 0 Å². The number of rotatable bonds is 4. The molecule has 0 aliphatic carbocycles. The van der Waals surface area contributed by atoms with Crippen molar-refractivity contribution in [2.45, 2.75) is 13.0 Å². The van der Waals surface area contributed by atoms with Crippen LogP contribution in [0.5, 0.6) is 0 Å². The SMILES string of the molecule is O=C(O)C1CC(=O)N(Cc2ccc([N+](=O)[O-])c(F)c2)C1. The summed E-state index contributed by atoms with van der Waals surface area (Å²) in [7, 11) is 0. The molecular formula is C12H11FN2O5. The lowest BCUT2D eigenvalue weighted by atomic mass is 10.1. The van der Waals surface area contributed by atoms with Crippen molar-refractivity contribution in [3.05, 3.63) is 39.7 Å². The van der Waals surface area contributed by atoms with Gasteiger partial charge in [0.25, 0.3) is 0 Å². The fourth-order valence-electron chi connectivity index (χ4n) is 2.11. The number of nitro groups is 1. The van der Waals surface area contributed by atoms with Crippen molar-refractivity contribution in [2.24, 2.45) is 5.92 Å². The normalized spacial score (nSPS) is 18.4. The molecule has 0 saturated carbocycles. The Kier molecular flexibility index (Phi) is 3.64. The van der Waals surface area contributed by atoms with E-state index in [-0.39, 0.29) is 25.4 Å². The zero-order valence-corrected chi connectivity index (χ0v) is 10.3. The van der Waals surface area contributed by atoms with Gasteiger partial charge in [-0.15, -0.1) is 0 Å². The molecule has 0 aromatic heterocycles. The van der Waals surface area contributed by atoms with Gasteiger partial charge in [0.1, 0.15) is 0 Å². The number of benzene rings is 1. The first-order valence-corrected chi connectivity index (χ1v) is 5.82. The molecule has 1 aliphatic heterocycles. The number of hydrogen-bond donors (Lipinski definition) is 1. The highest BCUT2D eigenvalue weighted by atomic mass is 19.1. The molecule has 0 spiro atoms. The zero-order valence-electron chi connectivity index (χ0n) is 10.3. The monoisotopic (exact) mass is 282 g/mol. The van der Waals surface area contributed by atoms with Crippen LogP contribution in [0.3, 0.4) is 0 Å². The van der Waals surface area contributed by atoms with Gasteiger partial charge in [0.2, 0.25) is 11.7 Å². The number of aliphatic carboxylic acids is 1. The molecule has 1 aromatic rings. The summed E-state index contributed by atoms with van der Waals surface area (Å²) in [4.78, 5) is 33.4. The summed E-state index contributed by atoms with van der Waals surface area (Å²) in [6, 6.07) is 3.36. The standard InChI is InChI=1S/C12H11FN2O5/c13-9-3-7(1-2-10(9)15(19)20)5-14-6-8(12(17)18)4-11(14)16/h1-3,8H,4-6H2,(H,17,18). The van der Waals surface area contributed by atoms with Gasteiger partial charge in [-0.3, -0.25) is 19.7 Å². The van der Waals surface area contributed by atoms with E-state index in [9.17, 15) is 24.1 Å². The van der Waals surface area contributed by atoms with E-state index < -0.39 is 28.3 Å². The van der Waals surface area contributed by atoms with Gasteiger partial charge >= 0.3 is 11.7 Å². The fourth-order valence-corrected chi connectivity index (χ4v) is 2.11. The Morgan fingerprint density at radius 3 is 2.75 bits per heavy atom. The first kappa shape index (κ1) is 13.9. The number of carboxylic acid groups (broad SMARTS) is 1. The highest BCUT2D eigenvalue weighted by Crippen LogP contribution is 2.23. The number of amides is 1. The molecule has 106 valence electrons. The topological polar surface area (TPSA) is 101 Å². The van der Waals surface area contributed by atoms with Crippen molar-refractivity contribution >= 4 is 17.6 Å². The smallest absolute Gasteiger partial charge is 0.308 e. The van der Waals surface area contributed by atoms with E-state index in [0.29, 0.717) is 5.56 Å². The van der Waals surface area contributed by atoms with Crippen LogP contribution in [-0.2, 0) is 16.1 Å². The van der Waals surface area contributed by atoms with Crippen LogP contribution >= 0.6 is 0 Å². The van der Waals surface area contributed by atoms with Crippen LogP contribution in [0.4, 0.5) is 10.1 Å². The molecule has 0 bridgehead atoms. The molecule has 1 aromatic carbocycles. The molecule has 7 nitrogen and oxygen atoms in total. The van der Waals surface area contributed by atoms with E-state index in [4.69, 9.17) is 5.11 Å². The first-order valence-electron chi connectivity index (χ1n) is 5.82. The van der Waals surface area contributed by atoms with Crippen molar-refractivity contribution in [3.8, 4) is 0 Å². The molecule has 8 heteroatoms. The molecule has 1 N–H and O–H groups in total. The van der Waals surface area contributed by atoms with Gasteiger partial charge in [-0.25, -0.2) is 0 Å². The molecule has 1 saturated heterocycles. The Morgan fingerprint density at radius 1 is 1.55 bits per heavy atom. The van der Waals surface area contributed by atoms with Crippen LogP contribution in [0.2, 0.25) is 0 Å². The molecule has 1 fully saturated rings. The first-order chi connectivity index (χ1) is 9.38. The average molecular weight is 282 g/mol. The van der Waals surface area contributed by atoms with Gasteiger partial charge in [0.15, 0.2) is 0 Å². The zero-order chi connectivity index (χ0) is 14.9. The Balaban J connectivity index is 2.11. The van der Waals surface area contributed by atoms with Crippen LogP contribution in [-0.4, -0.2) is 33.4 Å². The summed E-state index contributed by atoms with van der Waals surface area (Å²) in [5.41, 5.74) is -0.252. The van der Waals surface area contributed by atoms with E-state index in [1.165, 1.54) is 11.0 Å². The number of halogens is 1. The lowest BCUT2D eigenvalue weighted by Gasteiger charge is -2.15. The number of nitrogens with zero attached hydrogens (tertiary/aromatic N) is 2. The minimum Gasteiger partial charge on any atom is -0.481 e. The van der Waals surface area contributed by atoms with Crippen molar-refractivity contribution in [1.82, 2.24) is 4.90 Å². The molecule has 1 aliphatic rings. The van der Waals surface area contributed by atoms with Crippen molar-refractivity contribution in [1.29, 1.82) is 0 Å². The number of carbonyl (C=O) groups excluding carboxylic acids is 1. The predicted molar refractivity (Wildman–Crippen MR) is 64.2 cm³/mol. The van der Waals surface area contributed by atoms with Gasteiger partial charge in [0.05, 0.1) is 10.8 Å². The Hall–Kier alpha value is -2.51. The summed E-state index contributed by atoms with van der Waals surface area (Å²) in [6.45, 7) is 0.101. The molecular weight excluding hydrogens is 271 g/mol. The number of carbonyl (C=O) groups is 2. The van der Waals surface area contributed by atoms with Crippen LogP contribution in [0.1, 0.15) is 12.0 Å². The molecule has 0 radical (unpaired) electrons. The van der Waals surface area contributed by atoms with E-state index >= 15 is 0 Å². The second kappa shape index (κ2) is 5.24. The summed E-state index contributed by atoms with van der Waals surface area (Å²) >= 11 is 0. The number of likely N-dealkylation sites (tertiary alicyclic amines) is 1. The quantitative estimate of drug-likeness (QED) is 0.659. The van der Waals surface area contributed by atoms with Crippen molar-refractivity contribution in [2.75, 3.05) is 6.54 Å². The third-order valence-electron chi connectivity index (χ3n) is 3.15. The maximum atomic E-state index is 13.4. The molecule has 2 rings (SSSR count). The largest absolute Gasteiger partial charge is 0.481 e. The summed E-state index contributed by atoms with van der Waals surface area (Å²) < 4.78 is 13.4. The lowest BCUT2D eigenvalue weighted by molar-refractivity contribution is -0.387. The fraction of sp³-hybridized carbons (Fsp3) is 0.333. The minimum atomic E-state index is -1.05. The van der Waals surface area contributed by atoms with Gasteiger partial charge in [-0.2, -0.15) is 4.39 Å². The van der Waals surface area contributed by atoms with E-state index in [1.54, 1.807) is 0 Å². The Labute approximate surface area is 112 Å². The third-order valence-corrected chi connectivity index (χ3v) is 3.15. The van der Waals surface area contributed by atoms with Gasteiger partial charge in [-0.05, 0) is 11.6 Å². The maximum Gasteiger partial charge on any atom is 0.308 e. The molecule has 1 atom stereocenters. The van der Waals surface area contributed by atoms with Gasteiger partial charge in [-0.1, -0.05) is 6.07 Å². The summed E-state index contributed by atoms with van der Waals surface area (Å²) in [5.74, 6) is -3.11. The Morgan fingerprint density at radius 2 is 2.25 bits per heavy atom. The molecule has 20 heavy (non-hydrogen) atoms. The van der Waals surface area contributed by atoms with E-state index in [2.05, 4.69) is 0 Å². The molecule has 1 heterocycles. The van der Waals surface area contributed by atoms with Gasteiger partial charge < -0.3 is 10.0 Å². The molecule has 1 unspecified atom stereocenters. The van der Waals surface area contributed by atoms with E-state index in [1.807, 2.05) is 0 Å². The van der Waals surface area contributed by atoms with Crippen LogP contribution in [0, 0.1) is 21.8 Å². The number of carboxylic acids is 1. The van der Waals surface area contributed by atoms with Crippen LogP contribution in [0.15, 0.2) is 18.2 Å². The summed E-state index contributed by atoms with van der Waals surface area (Å²) in [6.07, 6.45) is -0.0786. The second-order valence-corrected chi connectivity index (χ2v) is 4.56. The predicted octanol–water partition coefficient (Wildman–Crippen LogP) is 1.17.